The van der Waals surface area contributed by atoms with Gasteiger partial charge in [0.25, 0.3) is 0 Å². The van der Waals surface area contributed by atoms with Gasteiger partial charge in [0.15, 0.2) is 12.0 Å². The summed E-state index contributed by atoms with van der Waals surface area (Å²) in [6.45, 7) is 6.39. The van der Waals surface area contributed by atoms with E-state index in [9.17, 15) is 0 Å². The highest BCUT2D eigenvalue weighted by Crippen LogP contribution is 2.31. The molecule has 0 spiro atoms. The number of nitrogens with two attached hydrogens (primary N) is 1. The highest BCUT2D eigenvalue weighted by atomic mass is 16.3. The van der Waals surface area contributed by atoms with Gasteiger partial charge in [0.05, 0.1) is 0 Å². The van der Waals surface area contributed by atoms with Gasteiger partial charge in [-0.15, -0.1) is 0 Å². The van der Waals surface area contributed by atoms with Crippen LogP contribution in [-0.4, -0.2) is 4.98 Å². The molecule has 0 saturated carbocycles. The first-order chi connectivity index (χ1) is 6.48. The molecule has 0 amide bonds. The minimum absolute atomic E-state index is 0.0210. The van der Waals surface area contributed by atoms with Crippen molar-refractivity contribution in [1.82, 2.24) is 4.98 Å². The summed E-state index contributed by atoms with van der Waals surface area (Å²) in [5.41, 5.74) is 9.32. The lowest BCUT2D eigenvalue weighted by Crippen LogP contribution is -2.11. The van der Waals surface area contributed by atoms with Gasteiger partial charge in [0.1, 0.15) is 5.52 Å². The molecule has 0 aliphatic heterocycles. The summed E-state index contributed by atoms with van der Waals surface area (Å²) in [7, 11) is 0. The summed E-state index contributed by atoms with van der Waals surface area (Å²) in [5, 5.41) is 0. The SMILES string of the molecule is CC(C)(C)c1cc(N)cc2ncoc12. The van der Waals surface area contributed by atoms with Crippen molar-refractivity contribution in [3.8, 4) is 0 Å². The van der Waals surface area contributed by atoms with E-state index < -0.39 is 0 Å². The molecule has 2 aromatic rings. The van der Waals surface area contributed by atoms with Crippen LogP contribution in [0.3, 0.4) is 0 Å². The smallest absolute Gasteiger partial charge is 0.181 e. The fourth-order valence-corrected chi connectivity index (χ4v) is 1.55. The lowest BCUT2D eigenvalue weighted by molar-refractivity contribution is 0.554. The van der Waals surface area contributed by atoms with Crippen molar-refractivity contribution in [3.63, 3.8) is 0 Å². The number of nitrogens with zero attached hydrogens (tertiary/aromatic N) is 1. The number of anilines is 1. The number of benzene rings is 1. The Labute approximate surface area is 82.9 Å². The molecule has 2 rings (SSSR count). The molecule has 14 heavy (non-hydrogen) atoms. The molecule has 1 aromatic heterocycles. The highest BCUT2D eigenvalue weighted by molar-refractivity contribution is 5.81. The Hall–Kier alpha value is -1.51. The zero-order valence-electron chi connectivity index (χ0n) is 8.66. The zero-order valence-corrected chi connectivity index (χ0v) is 8.66. The van der Waals surface area contributed by atoms with Crippen LogP contribution < -0.4 is 5.73 Å². The number of nitrogen functional groups attached to an aromatic ring is 1. The predicted octanol–water partition coefficient (Wildman–Crippen LogP) is 2.71. The average Bonchev–Trinajstić information content (AvgIpc) is 2.47. The summed E-state index contributed by atoms with van der Waals surface area (Å²) in [5.74, 6) is 0. The Balaban J connectivity index is 2.80. The van der Waals surface area contributed by atoms with Crippen molar-refractivity contribution in [2.75, 3.05) is 5.73 Å². The first kappa shape index (κ1) is 9.06. The molecule has 0 fully saturated rings. The van der Waals surface area contributed by atoms with Crippen LogP contribution in [0.5, 0.6) is 0 Å². The molecule has 0 saturated heterocycles. The van der Waals surface area contributed by atoms with E-state index in [1.165, 1.54) is 6.39 Å². The van der Waals surface area contributed by atoms with Gasteiger partial charge in [-0.05, 0) is 17.5 Å². The Morgan fingerprint density at radius 2 is 2.00 bits per heavy atom. The molecular formula is C11H14N2O. The predicted molar refractivity (Wildman–Crippen MR) is 57.1 cm³/mol. The van der Waals surface area contributed by atoms with E-state index in [0.717, 1.165) is 22.4 Å². The molecule has 0 aliphatic rings. The normalized spacial score (nSPS) is 12.2. The molecule has 1 heterocycles. The van der Waals surface area contributed by atoms with E-state index in [1.807, 2.05) is 12.1 Å². The Bertz CT molecular complexity index is 466. The monoisotopic (exact) mass is 190 g/mol. The first-order valence-corrected chi connectivity index (χ1v) is 4.62. The van der Waals surface area contributed by atoms with Crippen LogP contribution in [0, 0.1) is 0 Å². The topological polar surface area (TPSA) is 52.0 Å². The van der Waals surface area contributed by atoms with Gasteiger partial charge < -0.3 is 10.2 Å². The van der Waals surface area contributed by atoms with Gasteiger partial charge in [-0.1, -0.05) is 20.8 Å². The molecule has 0 bridgehead atoms. The minimum Gasteiger partial charge on any atom is -0.443 e. The van der Waals surface area contributed by atoms with Crippen LogP contribution in [0.1, 0.15) is 26.3 Å². The molecule has 74 valence electrons. The number of aromatic nitrogens is 1. The van der Waals surface area contributed by atoms with E-state index in [4.69, 9.17) is 10.2 Å². The van der Waals surface area contributed by atoms with Gasteiger partial charge in [-0.2, -0.15) is 0 Å². The van der Waals surface area contributed by atoms with Crippen molar-refractivity contribution in [2.45, 2.75) is 26.2 Å². The van der Waals surface area contributed by atoms with Gasteiger partial charge in [0, 0.05) is 11.3 Å². The number of fused-ring (bicyclic) bond motifs is 1. The van der Waals surface area contributed by atoms with Crippen LogP contribution in [0.15, 0.2) is 22.9 Å². The Kier molecular flexibility index (Phi) is 1.77. The van der Waals surface area contributed by atoms with E-state index in [-0.39, 0.29) is 5.41 Å². The van der Waals surface area contributed by atoms with E-state index in [1.54, 1.807) is 0 Å². The van der Waals surface area contributed by atoms with E-state index in [0.29, 0.717) is 0 Å². The largest absolute Gasteiger partial charge is 0.443 e. The molecule has 2 N–H and O–H groups in total. The van der Waals surface area contributed by atoms with Crippen LogP contribution in [0.2, 0.25) is 0 Å². The lowest BCUT2D eigenvalue weighted by atomic mass is 9.86. The van der Waals surface area contributed by atoms with Gasteiger partial charge >= 0.3 is 0 Å². The third-order valence-corrected chi connectivity index (χ3v) is 2.26. The number of hydrogen-bond donors (Lipinski definition) is 1. The molecule has 3 nitrogen and oxygen atoms in total. The second-order valence-electron chi connectivity index (χ2n) is 4.52. The summed E-state index contributed by atoms with van der Waals surface area (Å²) < 4.78 is 5.36. The number of rotatable bonds is 0. The Morgan fingerprint density at radius 1 is 1.29 bits per heavy atom. The summed E-state index contributed by atoms with van der Waals surface area (Å²) in [6, 6.07) is 3.78. The molecule has 1 aromatic carbocycles. The second kappa shape index (κ2) is 2.74. The zero-order chi connectivity index (χ0) is 10.3. The first-order valence-electron chi connectivity index (χ1n) is 4.62. The Morgan fingerprint density at radius 3 is 2.64 bits per heavy atom. The minimum atomic E-state index is 0.0210. The van der Waals surface area contributed by atoms with E-state index >= 15 is 0 Å². The maximum absolute atomic E-state index is 5.80. The third-order valence-electron chi connectivity index (χ3n) is 2.26. The fraction of sp³-hybridized carbons (Fsp3) is 0.364. The molecule has 0 atom stereocenters. The van der Waals surface area contributed by atoms with Crippen LogP contribution >= 0.6 is 0 Å². The van der Waals surface area contributed by atoms with Crippen molar-refractivity contribution in [1.29, 1.82) is 0 Å². The molecular weight excluding hydrogens is 176 g/mol. The molecule has 0 radical (unpaired) electrons. The molecule has 0 aliphatic carbocycles. The summed E-state index contributed by atoms with van der Waals surface area (Å²) >= 11 is 0. The quantitative estimate of drug-likeness (QED) is 0.650. The maximum Gasteiger partial charge on any atom is 0.181 e. The number of oxazole rings is 1. The highest BCUT2D eigenvalue weighted by Gasteiger charge is 2.19. The fourth-order valence-electron chi connectivity index (χ4n) is 1.55. The van der Waals surface area contributed by atoms with Gasteiger partial charge in [-0.3, -0.25) is 0 Å². The van der Waals surface area contributed by atoms with Crippen molar-refractivity contribution >= 4 is 16.8 Å². The summed E-state index contributed by atoms with van der Waals surface area (Å²) in [4.78, 5) is 4.11. The van der Waals surface area contributed by atoms with E-state index in [2.05, 4.69) is 25.8 Å². The molecule has 3 heteroatoms. The standard InChI is InChI=1S/C11H14N2O/c1-11(2,3)8-4-7(12)5-9-10(8)14-6-13-9/h4-6H,12H2,1-3H3. The van der Waals surface area contributed by atoms with Crippen LogP contribution in [0.25, 0.3) is 11.1 Å². The van der Waals surface area contributed by atoms with Crippen LogP contribution in [-0.2, 0) is 5.41 Å². The number of hydrogen-bond acceptors (Lipinski definition) is 3. The van der Waals surface area contributed by atoms with Crippen molar-refractivity contribution in [2.24, 2.45) is 0 Å². The summed E-state index contributed by atoms with van der Waals surface area (Å²) in [6.07, 6.45) is 1.46. The molecule has 0 unspecified atom stereocenters. The van der Waals surface area contributed by atoms with Gasteiger partial charge in [-0.25, -0.2) is 4.98 Å². The van der Waals surface area contributed by atoms with Crippen molar-refractivity contribution in [3.05, 3.63) is 24.1 Å². The van der Waals surface area contributed by atoms with Crippen molar-refractivity contribution < 1.29 is 4.42 Å². The second-order valence-corrected chi connectivity index (χ2v) is 4.52. The van der Waals surface area contributed by atoms with Gasteiger partial charge in [0.2, 0.25) is 0 Å². The average molecular weight is 190 g/mol. The third kappa shape index (κ3) is 1.35. The maximum atomic E-state index is 5.80. The lowest BCUT2D eigenvalue weighted by Gasteiger charge is -2.19. The van der Waals surface area contributed by atoms with Crippen LogP contribution in [0.4, 0.5) is 5.69 Å².